The van der Waals surface area contributed by atoms with E-state index in [1.165, 1.54) is 0 Å². The van der Waals surface area contributed by atoms with Crippen LogP contribution in [0, 0.1) is 0 Å². The summed E-state index contributed by atoms with van der Waals surface area (Å²) in [6.45, 7) is 9.45. The number of nitrogens with zero attached hydrogens (tertiary/aromatic N) is 1. The van der Waals surface area contributed by atoms with E-state index >= 15 is 0 Å². The van der Waals surface area contributed by atoms with Crippen LogP contribution in [0.3, 0.4) is 0 Å². The Kier molecular flexibility index (Phi) is 11.1. The first kappa shape index (κ1) is 16.2. The van der Waals surface area contributed by atoms with Crippen molar-refractivity contribution in [1.82, 2.24) is 5.32 Å². The number of unbranched alkanes of at least 4 members (excludes halogenated alkanes) is 1. The smallest absolute Gasteiger partial charge is 0.188 e. The molecule has 0 radical (unpaired) electrons. The lowest BCUT2D eigenvalue weighted by atomic mass is 10.4. The van der Waals surface area contributed by atoms with Gasteiger partial charge in [0.2, 0.25) is 0 Å². The van der Waals surface area contributed by atoms with Crippen LogP contribution in [0.5, 0.6) is 0 Å². The van der Waals surface area contributed by atoms with Gasteiger partial charge in [0, 0.05) is 12.6 Å². The van der Waals surface area contributed by atoms with E-state index in [0.29, 0.717) is 38.4 Å². The molecule has 0 aliphatic carbocycles. The Bertz CT molecular complexity index is 196. The van der Waals surface area contributed by atoms with Crippen molar-refractivity contribution in [1.29, 1.82) is 0 Å². The highest BCUT2D eigenvalue weighted by Crippen LogP contribution is 1.87. The number of hydrogen-bond donors (Lipinski definition) is 2. The number of guanidine groups is 1. The molecule has 17 heavy (non-hydrogen) atoms. The standard InChI is InChI=1S/C12H27N3O2/c1-4-5-7-16-9-10-17-8-6-14-12(13)15-11(2)3/h11H,4-10H2,1-3H3,(H3,13,14,15). The summed E-state index contributed by atoms with van der Waals surface area (Å²) in [5, 5.41) is 3.02. The molecule has 0 aliphatic heterocycles. The zero-order chi connectivity index (χ0) is 12.9. The molecule has 0 fully saturated rings. The van der Waals surface area contributed by atoms with Crippen LogP contribution < -0.4 is 11.1 Å². The molecule has 0 aromatic heterocycles. The Balaban J connectivity index is 3.22. The van der Waals surface area contributed by atoms with Gasteiger partial charge in [-0.3, -0.25) is 4.99 Å². The summed E-state index contributed by atoms with van der Waals surface area (Å²) in [5.41, 5.74) is 5.63. The topological polar surface area (TPSA) is 68.9 Å². The molecule has 5 heteroatoms. The zero-order valence-corrected chi connectivity index (χ0v) is 11.4. The van der Waals surface area contributed by atoms with Gasteiger partial charge in [-0.1, -0.05) is 13.3 Å². The van der Waals surface area contributed by atoms with E-state index in [1.807, 2.05) is 13.8 Å². The predicted octanol–water partition coefficient (Wildman–Crippen LogP) is 1.13. The van der Waals surface area contributed by atoms with Crippen molar-refractivity contribution in [3.63, 3.8) is 0 Å². The van der Waals surface area contributed by atoms with Crippen molar-refractivity contribution in [3.8, 4) is 0 Å². The van der Waals surface area contributed by atoms with Crippen LogP contribution in [0.1, 0.15) is 33.6 Å². The molecule has 0 aliphatic rings. The quantitative estimate of drug-likeness (QED) is 0.344. The fourth-order valence-electron chi connectivity index (χ4n) is 1.14. The van der Waals surface area contributed by atoms with Gasteiger partial charge in [-0.15, -0.1) is 0 Å². The molecular formula is C12H27N3O2. The molecule has 0 unspecified atom stereocenters. The molecule has 0 rings (SSSR count). The summed E-state index contributed by atoms with van der Waals surface area (Å²) < 4.78 is 10.7. The van der Waals surface area contributed by atoms with Crippen LogP contribution in [-0.2, 0) is 9.47 Å². The second-order valence-corrected chi connectivity index (χ2v) is 4.14. The van der Waals surface area contributed by atoms with Crippen LogP contribution in [0.4, 0.5) is 0 Å². The molecule has 102 valence electrons. The molecule has 3 N–H and O–H groups in total. The average molecular weight is 245 g/mol. The highest BCUT2D eigenvalue weighted by Gasteiger charge is 1.94. The minimum Gasteiger partial charge on any atom is -0.379 e. The second-order valence-electron chi connectivity index (χ2n) is 4.14. The number of nitrogens with one attached hydrogen (secondary N) is 1. The SMILES string of the molecule is CCCCOCCOCCN=C(N)NC(C)C. The predicted molar refractivity (Wildman–Crippen MR) is 71.3 cm³/mol. The Morgan fingerprint density at radius 3 is 2.41 bits per heavy atom. The van der Waals surface area contributed by atoms with Crippen LogP contribution in [-0.4, -0.2) is 45.0 Å². The molecular weight excluding hydrogens is 218 g/mol. The van der Waals surface area contributed by atoms with E-state index in [4.69, 9.17) is 15.2 Å². The summed E-state index contributed by atoms with van der Waals surface area (Å²) in [4.78, 5) is 4.13. The minimum atomic E-state index is 0.312. The van der Waals surface area contributed by atoms with E-state index in [2.05, 4.69) is 17.2 Å². The van der Waals surface area contributed by atoms with Gasteiger partial charge in [0.1, 0.15) is 0 Å². The maximum atomic E-state index is 5.63. The largest absolute Gasteiger partial charge is 0.379 e. The Hall–Kier alpha value is -0.810. The highest BCUT2D eigenvalue weighted by atomic mass is 16.5. The molecule has 0 spiro atoms. The van der Waals surface area contributed by atoms with Crippen molar-refractivity contribution in [2.45, 2.75) is 39.7 Å². The number of hydrogen-bond acceptors (Lipinski definition) is 3. The van der Waals surface area contributed by atoms with Crippen molar-refractivity contribution >= 4 is 5.96 Å². The first-order chi connectivity index (χ1) is 8.16. The lowest BCUT2D eigenvalue weighted by Gasteiger charge is -2.08. The summed E-state index contributed by atoms with van der Waals surface area (Å²) in [5.74, 6) is 0.475. The lowest BCUT2D eigenvalue weighted by molar-refractivity contribution is 0.0497. The summed E-state index contributed by atoms with van der Waals surface area (Å²) in [6.07, 6.45) is 2.28. The monoisotopic (exact) mass is 245 g/mol. The van der Waals surface area contributed by atoms with Gasteiger partial charge in [-0.25, -0.2) is 0 Å². The third-order valence-electron chi connectivity index (χ3n) is 1.97. The first-order valence-electron chi connectivity index (χ1n) is 6.38. The fourth-order valence-corrected chi connectivity index (χ4v) is 1.14. The van der Waals surface area contributed by atoms with Gasteiger partial charge in [0.05, 0.1) is 26.4 Å². The maximum Gasteiger partial charge on any atom is 0.188 e. The van der Waals surface area contributed by atoms with Gasteiger partial charge < -0.3 is 20.5 Å². The van der Waals surface area contributed by atoms with E-state index in [9.17, 15) is 0 Å². The van der Waals surface area contributed by atoms with E-state index in [1.54, 1.807) is 0 Å². The summed E-state index contributed by atoms with van der Waals surface area (Å²) in [7, 11) is 0. The third kappa shape index (κ3) is 13.1. The molecule has 0 atom stereocenters. The number of ether oxygens (including phenoxy) is 2. The number of rotatable bonds is 10. The second kappa shape index (κ2) is 11.7. The van der Waals surface area contributed by atoms with Crippen molar-refractivity contribution in [3.05, 3.63) is 0 Å². The van der Waals surface area contributed by atoms with Crippen molar-refractivity contribution in [2.75, 3.05) is 33.0 Å². The molecule has 0 heterocycles. The number of aliphatic imine (C=N–C) groups is 1. The van der Waals surface area contributed by atoms with E-state index in [-0.39, 0.29) is 0 Å². The van der Waals surface area contributed by atoms with E-state index < -0.39 is 0 Å². The average Bonchev–Trinajstić information content (AvgIpc) is 2.26. The Labute approximate surface area is 105 Å². The first-order valence-corrected chi connectivity index (χ1v) is 6.38. The molecule has 0 aromatic carbocycles. The van der Waals surface area contributed by atoms with Gasteiger partial charge in [0.15, 0.2) is 5.96 Å². The van der Waals surface area contributed by atoms with E-state index in [0.717, 1.165) is 19.4 Å². The molecule has 0 amide bonds. The summed E-state index contributed by atoms with van der Waals surface area (Å²) in [6, 6.07) is 0.312. The fraction of sp³-hybridized carbons (Fsp3) is 0.917. The molecule has 0 saturated heterocycles. The van der Waals surface area contributed by atoms with Crippen LogP contribution in [0.2, 0.25) is 0 Å². The molecule has 0 saturated carbocycles. The zero-order valence-electron chi connectivity index (χ0n) is 11.4. The summed E-state index contributed by atoms with van der Waals surface area (Å²) >= 11 is 0. The lowest BCUT2D eigenvalue weighted by Crippen LogP contribution is -2.37. The highest BCUT2D eigenvalue weighted by molar-refractivity contribution is 5.77. The minimum absolute atomic E-state index is 0.312. The van der Waals surface area contributed by atoms with Gasteiger partial charge in [0.25, 0.3) is 0 Å². The van der Waals surface area contributed by atoms with Gasteiger partial charge in [-0.05, 0) is 20.3 Å². The molecule has 5 nitrogen and oxygen atoms in total. The van der Waals surface area contributed by atoms with Gasteiger partial charge >= 0.3 is 0 Å². The normalized spacial score (nSPS) is 12.1. The van der Waals surface area contributed by atoms with Crippen LogP contribution in [0.25, 0.3) is 0 Å². The van der Waals surface area contributed by atoms with Crippen molar-refractivity contribution < 1.29 is 9.47 Å². The Morgan fingerprint density at radius 1 is 1.18 bits per heavy atom. The Morgan fingerprint density at radius 2 is 1.82 bits per heavy atom. The number of nitrogens with two attached hydrogens (primary N) is 1. The maximum absolute atomic E-state index is 5.63. The van der Waals surface area contributed by atoms with Gasteiger partial charge in [-0.2, -0.15) is 0 Å². The molecule has 0 aromatic rings. The van der Waals surface area contributed by atoms with Crippen LogP contribution >= 0.6 is 0 Å². The van der Waals surface area contributed by atoms with Crippen molar-refractivity contribution in [2.24, 2.45) is 10.7 Å². The third-order valence-corrected chi connectivity index (χ3v) is 1.97. The van der Waals surface area contributed by atoms with Crippen LogP contribution in [0.15, 0.2) is 4.99 Å². The molecule has 0 bridgehead atoms.